The Balaban J connectivity index is 1.55. The van der Waals surface area contributed by atoms with E-state index in [-0.39, 0.29) is 17.9 Å². The molecule has 1 saturated heterocycles. The molecule has 20 heavy (non-hydrogen) atoms. The van der Waals surface area contributed by atoms with E-state index in [1.165, 1.54) is 0 Å². The van der Waals surface area contributed by atoms with Gasteiger partial charge in [0.15, 0.2) is 5.82 Å². The van der Waals surface area contributed by atoms with Gasteiger partial charge in [-0.05, 0) is 31.4 Å². The number of rotatable bonds is 2. The molecule has 0 bridgehead atoms. The van der Waals surface area contributed by atoms with Crippen LogP contribution in [0, 0.1) is 5.92 Å². The SMILES string of the molecule is NC1CCC(C(=O)N2CCN(c3cccnn3)CC2)C1. The zero-order valence-electron chi connectivity index (χ0n) is 11.6. The van der Waals surface area contributed by atoms with Crippen LogP contribution in [0.25, 0.3) is 0 Å². The molecule has 0 aromatic carbocycles. The minimum Gasteiger partial charge on any atom is -0.352 e. The average molecular weight is 275 g/mol. The molecule has 108 valence electrons. The molecule has 2 unspecified atom stereocenters. The van der Waals surface area contributed by atoms with Crippen LogP contribution in [0.3, 0.4) is 0 Å². The Hall–Kier alpha value is -1.69. The highest BCUT2D eigenvalue weighted by Gasteiger charge is 2.32. The van der Waals surface area contributed by atoms with Crippen molar-refractivity contribution in [3.05, 3.63) is 18.3 Å². The molecule has 1 amide bonds. The Morgan fingerprint density at radius 1 is 1.25 bits per heavy atom. The number of anilines is 1. The van der Waals surface area contributed by atoms with E-state index in [4.69, 9.17) is 5.73 Å². The molecule has 2 heterocycles. The number of carbonyl (C=O) groups excluding carboxylic acids is 1. The zero-order chi connectivity index (χ0) is 13.9. The molecule has 6 heteroatoms. The molecule has 3 rings (SSSR count). The highest BCUT2D eigenvalue weighted by atomic mass is 16.2. The summed E-state index contributed by atoms with van der Waals surface area (Å²) in [4.78, 5) is 16.6. The molecule has 1 aliphatic heterocycles. The number of nitrogens with two attached hydrogens (primary N) is 1. The van der Waals surface area contributed by atoms with Crippen molar-refractivity contribution >= 4 is 11.7 Å². The summed E-state index contributed by atoms with van der Waals surface area (Å²) in [5.41, 5.74) is 5.90. The van der Waals surface area contributed by atoms with Gasteiger partial charge in [-0.25, -0.2) is 0 Å². The van der Waals surface area contributed by atoms with Gasteiger partial charge in [0.05, 0.1) is 0 Å². The number of aromatic nitrogens is 2. The van der Waals surface area contributed by atoms with Gasteiger partial charge in [0, 0.05) is 44.3 Å². The quantitative estimate of drug-likeness (QED) is 0.837. The Kier molecular flexibility index (Phi) is 3.82. The molecular formula is C14H21N5O. The standard InChI is InChI=1S/C14H21N5O/c15-12-4-3-11(10-12)14(20)19-8-6-18(7-9-19)13-2-1-5-16-17-13/h1-2,5,11-12H,3-4,6-10,15H2. The summed E-state index contributed by atoms with van der Waals surface area (Å²) >= 11 is 0. The Bertz CT molecular complexity index is 458. The van der Waals surface area contributed by atoms with Crippen LogP contribution in [0.5, 0.6) is 0 Å². The fourth-order valence-electron chi connectivity index (χ4n) is 3.12. The van der Waals surface area contributed by atoms with Gasteiger partial charge >= 0.3 is 0 Å². The van der Waals surface area contributed by atoms with Crippen LogP contribution >= 0.6 is 0 Å². The van der Waals surface area contributed by atoms with Crippen molar-refractivity contribution in [1.82, 2.24) is 15.1 Å². The summed E-state index contributed by atoms with van der Waals surface area (Å²) in [6.07, 6.45) is 4.45. The molecular weight excluding hydrogens is 254 g/mol. The first kappa shape index (κ1) is 13.3. The normalized spacial score (nSPS) is 26.9. The van der Waals surface area contributed by atoms with Crippen LogP contribution in [0.1, 0.15) is 19.3 Å². The Morgan fingerprint density at radius 3 is 2.65 bits per heavy atom. The molecule has 1 aliphatic carbocycles. The first-order chi connectivity index (χ1) is 9.74. The zero-order valence-corrected chi connectivity index (χ0v) is 11.6. The molecule has 2 fully saturated rings. The second kappa shape index (κ2) is 5.75. The third kappa shape index (κ3) is 2.75. The molecule has 2 atom stereocenters. The summed E-state index contributed by atoms with van der Waals surface area (Å²) in [6.45, 7) is 3.18. The van der Waals surface area contributed by atoms with E-state index >= 15 is 0 Å². The maximum absolute atomic E-state index is 12.4. The lowest BCUT2D eigenvalue weighted by atomic mass is 10.1. The van der Waals surface area contributed by atoms with E-state index < -0.39 is 0 Å². The van der Waals surface area contributed by atoms with Gasteiger partial charge in [0.1, 0.15) is 0 Å². The van der Waals surface area contributed by atoms with E-state index in [2.05, 4.69) is 15.1 Å². The Labute approximate surface area is 118 Å². The molecule has 0 radical (unpaired) electrons. The molecule has 2 N–H and O–H groups in total. The fourth-order valence-corrected chi connectivity index (χ4v) is 3.12. The van der Waals surface area contributed by atoms with E-state index in [1.54, 1.807) is 6.20 Å². The highest BCUT2D eigenvalue weighted by Crippen LogP contribution is 2.26. The van der Waals surface area contributed by atoms with Crippen molar-refractivity contribution in [3.63, 3.8) is 0 Å². The number of hydrogen-bond donors (Lipinski definition) is 1. The van der Waals surface area contributed by atoms with Crippen LogP contribution in [-0.2, 0) is 4.79 Å². The molecule has 6 nitrogen and oxygen atoms in total. The van der Waals surface area contributed by atoms with Crippen molar-refractivity contribution in [2.45, 2.75) is 25.3 Å². The Morgan fingerprint density at radius 2 is 2.05 bits per heavy atom. The maximum atomic E-state index is 12.4. The average Bonchev–Trinajstić information content (AvgIpc) is 2.94. The van der Waals surface area contributed by atoms with Crippen molar-refractivity contribution in [2.75, 3.05) is 31.1 Å². The molecule has 2 aliphatic rings. The highest BCUT2D eigenvalue weighted by molar-refractivity contribution is 5.79. The lowest BCUT2D eigenvalue weighted by Crippen LogP contribution is -2.50. The van der Waals surface area contributed by atoms with Gasteiger partial charge in [0.25, 0.3) is 0 Å². The molecule has 1 aromatic heterocycles. The minimum absolute atomic E-state index is 0.146. The van der Waals surface area contributed by atoms with Gasteiger partial charge in [-0.15, -0.1) is 5.10 Å². The number of amides is 1. The van der Waals surface area contributed by atoms with E-state index in [0.29, 0.717) is 0 Å². The lowest BCUT2D eigenvalue weighted by molar-refractivity contribution is -0.135. The molecule has 1 aromatic rings. The largest absolute Gasteiger partial charge is 0.352 e. The van der Waals surface area contributed by atoms with Gasteiger partial charge < -0.3 is 15.5 Å². The van der Waals surface area contributed by atoms with Gasteiger partial charge in [-0.2, -0.15) is 5.10 Å². The van der Waals surface area contributed by atoms with Crippen molar-refractivity contribution < 1.29 is 4.79 Å². The molecule has 1 saturated carbocycles. The predicted molar refractivity (Wildman–Crippen MR) is 76.1 cm³/mol. The van der Waals surface area contributed by atoms with Crippen molar-refractivity contribution in [3.8, 4) is 0 Å². The predicted octanol–water partition coefficient (Wildman–Crippen LogP) is 0.253. The summed E-state index contributed by atoms with van der Waals surface area (Å²) in [6, 6.07) is 4.06. The van der Waals surface area contributed by atoms with E-state index in [1.807, 2.05) is 17.0 Å². The van der Waals surface area contributed by atoms with Crippen LogP contribution in [0.2, 0.25) is 0 Å². The number of hydrogen-bond acceptors (Lipinski definition) is 5. The van der Waals surface area contributed by atoms with Gasteiger partial charge in [0.2, 0.25) is 5.91 Å². The maximum Gasteiger partial charge on any atom is 0.225 e. The summed E-state index contributed by atoms with van der Waals surface area (Å²) in [5.74, 6) is 1.33. The van der Waals surface area contributed by atoms with E-state index in [0.717, 1.165) is 51.3 Å². The summed E-state index contributed by atoms with van der Waals surface area (Å²) in [7, 11) is 0. The fraction of sp³-hybridized carbons (Fsp3) is 0.643. The van der Waals surface area contributed by atoms with Crippen LogP contribution in [0.15, 0.2) is 18.3 Å². The van der Waals surface area contributed by atoms with Gasteiger partial charge in [-0.3, -0.25) is 4.79 Å². The monoisotopic (exact) mass is 275 g/mol. The van der Waals surface area contributed by atoms with Crippen LogP contribution in [-0.4, -0.2) is 53.2 Å². The van der Waals surface area contributed by atoms with E-state index in [9.17, 15) is 4.79 Å². The van der Waals surface area contributed by atoms with Crippen LogP contribution < -0.4 is 10.6 Å². The number of carbonyl (C=O) groups is 1. The van der Waals surface area contributed by atoms with Crippen molar-refractivity contribution in [1.29, 1.82) is 0 Å². The third-order valence-electron chi connectivity index (χ3n) is 4.30. The third-order valence-corrected chi connectivity index (χ3v) is 4.30. The smallest absolute Gasteiger partial charge is 0.225 e. The number of piperazine rings is 1. The first-order valence-corrected chi connectivity index (χ1v) is 7.31. The second-order valence-electron chi connectivity index (χ2n) is 5.66. The topological polar surface area (TPSA) is 75.4 Å². The minimum atomic E-state index is 0.146. The second-order valence-corrected chi connectivity index (χ2v) is 5.66. The number of nitrogens with zero attached hydrogens (tertiary/aromatic N) is 4. The summed E-state index contributed by atoms with van der Waals surface area (Å²) in [5, 5.41) is 8.01. The first-order valence-electron chi connectivity index (χ1n) is 7.31. The van der Waals surface area contributed by atoms with Crippen LogP contribution in [0.4, 0.5) is 5.82 Å². The lowest BCUT2D eigenvalue weighted by Gasteiger charge is -2.36. The molecule has 0 spiro atoms. The van der Waals surface area contributed by atoms with Crippen molar-refractivity contribution in [2.24, 2.45) is 11.7 Å². The summed E-state index contributed by atoms with van der Waals surface area (Å²) < 4.78 is 0. The van der Waals surface area contributed by atoms with Gasteiger partial charge in [-0.1, -0.05) is 0 Å².